The highest BCUT2D eigenvalue weighted by Gasteiger charge is 1.87. The second-order valence-corrected chi connectivity index (χ2v) is 6.65. The van der Waals surface area contributed by atoms with Crippen molar-refractivity contribution in [1.82, 2.24) is 0 Å². The minimum atomic E-state index is 0.630. The average Bonchev–Trinajstić information content (AvgIpc) is 2.58. The lowest BCUT2D eigenvalue weighted by atomic mass is 10.1. The summed E-state index contributed by atoms with van der Waals surface area (Å²) < 4.78 is 0. The van der Waals surface area contributed by atoms with Crippen molar-refractivity contribution < 1.29 is 4.79 Å². The normalized spacial score (nSPS) is 13.8. The van der Waals surface area contributed by atoms with Gasteiger partial charge < -0.3 is 0 Å². The molecule has 0 fully saturated rings. The van der Waals surface area contributed by atoms with Gasteiger partial charge in [0.05, 0.1) is 0 Å². The standard InChI is InChI=1S/C25H32O/c1-21(2)12-9-15-23(4)17-11-19-24(5)18-10-16-22(3)13-7-8-14-25(6)20-26/h10-14,16-20H,9,15H2,1-6H3/b16-10+,19-11+,22-13+,23-17+,24-18+,25-14+. The highest BCUT2D eigenvalue weighted by atomic mass is 16.1. The van der Waals surface area contributed by atoms with E-state index >= 15 is 0 Å². The Bertz CT molecular complexity index is 716. The number of carbonyl (C=O) groups is 1. The molecule has 0 radical (unpaired) electrons. The van der Waals surface area contributed by atoms with Gasteiger partial charge in [-0.25, -0.2) is 0 Å². The molecular weight excluding hydrogens is 316 g/mol. The summed E-state index contributed by atoms with van der Waals surface area (Å²) >= 11 is 0. The van der Waals surface area contributed by atoms with E-state index in [1.54, 1.807) is 13.0 Å². The van der Waals surface area contributed by atoms with Crippen molar-refractivity contribution in [2.75, 3.05) is 0 Å². The first-order chi connectivity index (χ1) is 12.3. The lowest BCUT2D eigenvalue weighted by molar-refractivity contribution is -0.104. The summed E-state index contributed by atoms with van der Waals surface area (Å²) in [6.45, 7) is 12.3. The van der Waals surface area contributed by atoms with E-state index in [1.807, 2.05) is 25.2 Å². The fourth-order valence-corrected chi connectivity index (χ4v) is 1.84. The van der Waals surface area contributed by atoms with Crippen LogP contribution in [0.15, 0.2) is 82.5 Å². The summed E-state index contributed by atoms with van der Waals surface area (Å²) in [4.78, 5) is 10.4. The molecule has 0 unspecified atom stereocenters. The molecule has 0 aromatic rings. The lowest BCUT2D eigenvalue weighted by Crippen LogP contribution is -1.76. The second-order valence-electron chi connectivity index (χ2n) is 6.65. The van der Waals surface area contributed by atoms with Gasteiger partial charge in [-0.3, -0.25) is 4.79 Å². The summed E-state index contributed by atoms with van der Waals surface area (Å²) in [5.41, 5.74) is 5.65. The Hall–Kier alpha value is -2.59. The van der Waals surface area contributed by atoms with Crippen molar-refractivity contribution in [3.8, 4) is 11.8 Å². The van der Waals surface area contributed by atoms with Gasteiger partial charge in [0.25, 0.3) is 0 Å². The SMILES string of the molecule is CC(C)=CCC/C(C)=C/C=C/C(C)=C/C=C/C(C)=C/C#C/C=C(\C)C=O. The zero-order valence-electron chi connectivity index (χ0n) is 17.1. The summed E-state index contributed by atoms with van der Waals surface area (Å²) in [6, 6.07) is 0. The van der Waals surface area contributed by atoms with E-state index in [4.69, 9.17) is 0 Å². The van der Waals surface area contributed by atoms with Crippen LogP contribution in [0.3, 0.4) is 0 Å². The molecule has 0 saturated heterocycles. The Morgan fingerprint density at radius 2 is 1.35 bits per heavy atom. The second kappa shape index (κ2) is 14.7. The maximum Gasteiger partial charge on any atom is 0.146 e. The molecule has 0 amide bonds. The third-order valence-electron chi connectivity index (χ3n) is 3.42. The lowest BCUT2D eigenvalue weighted by Gasteiger charge is -1.96. The predicted octanol–water partition coefficient (Wildman–Crippen LogP) is 6.83. The quantitative estimate of drug-likeness (QED) is 0.154. The van der Waals surface area contributed by atoms with Crippen LogP contribution >= 0.6 is 0 Å². The van der Waals surface area contributed by atoms with Crippen molar-refractivity contribution in [1.29, 1.82) is 0 Å². The summed E-state index contributed by atoms with van der Waals surface area (Å²) in [5.74, 6) is 5.75. The van der Waals surface area contributed by atoms with Crippen molar-refractivity contribution >= 4 is 6.29 Å². The van der Waals surface area contributed by atoms with Gasteiger partial charge in [-0.05, 0) is 77.7 Å². The van der Waals surface area contributed by atoms with Crippen LogP contribution in [0, 0.1) is 11.8 Å². The first-order valence-electron chi connectivity index (χ1n) is 8.97. The molecule has 1 heteroatoms. The maximum atomic E-state index is 10.4. The van der Waals surface area contributed by atoms with Gasteiger partial charge in [-0.2, -0.15) is 0 Å². The zero-order valence-corrected chi connectivity index (χ0v) is 17.1. The Morgan fingerprint density at radius 1 is 0.769 bits per heavy atom. The van der Waals surface area contributed by atoms with Gasteiger partial charge in [-0.1, -0.05) is 71.1 Å². The predicted molar refractivity (Wildman–Crippen MR) is 116 cm³/mol. The molecular formula is C25H32O. The number of allylic oxidation sites excluding steroid dienone is 14. The Kier molecular flexibility index (Phi) is 13.3. The van der Waals surface area contributed by atoms with Crippen LogP contribution < -0.4 is 0 Å². The minimum Gasteiger partial charge on any atom is -0.298 e. The molecule has 0 spiro atoms. The fourth-order valence-electron chi connectivity index (χ4n) is 1.84. The van der Waals surface area contributed by atoms with E-state index in [1.165, 1.54) is 16.7 Å². The summed E-state index contributed by atoms with van der Waals surface area (Å²) in [6.07, 6.45) is 21.2. The molecule has 0 aliphatic rings. The van der Waals surface area contributed by atoms with Crippen LogP contribution in [0.5, 0.6) is 0 Å². The molecule has 0 aliphatic heterocycles. The molecule has 0 atom stereocenters. The summed E-state index contributed by atoms with van der Waals surface area (Å²) in [7, 11) is 0. The molecule has 0 aromatic heterocycles. The Labute approximate surface area is 160 Å². The van der Waals surface area contributed by atoms with Crippen LogP contribution in [-0.4, -0.2) is 6.29 Å². The minimum absolute atomic E-state index is 0.630. The van der Waals surface area contributed by atoms with E-state index in [2.05, 4.69) is 69.9 Å². The largest absolute Gasteiger partial charge is 0.298 e. The molecule has 0 saturated carbocycles. The number of rotatable bonds is 8. The van der Waals surface area contributed by atoms with Crippen LogP contribution in [-0.2, 0) is 4.79 Å². The third-order valence-corrected chi connectivity index (χ3v) is 3.42. The first kappa shape index (κ1) is 23.4. The average molecular weight is 349 g/mol. The van der Waals surface area contributed by atoms with Crippen LogP contribution in [0.4, 0.5) is 0 Å². The third kappa shape index (κ3) is 15.0. The molecule has 0 N–H and O–H groups in total. The fraction of sp³-hybridized carbons (Fsp3) is 0.320. The smallest absolute Gasteiger partial charge is 0.146 e. The van der Waals surface area contributed by atoms with Crippen molar-refractivity contribution in [3.63, 3.8) is 0 Å². The molecule has 1 nitrogen and oxygen atoms in total. The highest BCUT2D eigenvalue weighted by Crippen LogP contribution is 2.07. The van der Waals surface area contributed by atoms with E-state index < -0.39 is 0 Å². The van der Waals surface area contributed by atoms with Crippen molar-refractivity contribution in [2.45, 2.75) is 54.4 Å². The number of carbonyl (C=O) groups excluding carboxylic acids is 1. The highest BCUT2D eigenvalue weighted by molar-refractivity contribution is 5.73. The van der Waals surface area contributed by atoms with E-state index in [-0.39, 0.29) is 0 Å². The number of aldehydes is 1. The molecule has 0 bridgehead atoms. The molecule has 0 aromatic carbocycles. The van der Waals surface area contributed by atoms with Crippen molar-refractivity contribution in [3.05, 3.63) is 82.5 Å². The molecule has 26 heavy (non-hydrogen) atoms. The van der Waals surface area contributed by atoms with Gasteiger partial charge in [0.15, 0.2) is 0 Å². The number of hydrogen-bond acceptors (Lipinski definition) is 1. The van der Waals surface area contributed by atoms with Gasteiger partial charge >= 0.3 is 0 Å². The van der Waals surface area contributed by atoms with Gasteiger partial charge in [0.2, 0.25) is 0 Å². The van der Waals surface area contributed by atoms with Gasteiger partial charge in [-0.15, -0.1) is 0 Å². The van der Waals surface area contributed by atoms with E-state index in [0.29, 0.717) is 5.57 Å². The van der Waals surface area contributed by atoms with E-state index in [0.717, 1.165) is 24.7 Å². The molecule has 0 rings (SSSR count). The molecule has 0 aliphatic carbocycles. The summed E-state index contributed by atoms with van der Waals surface area (Å²) in [5, 5.41) is 0. The molecule has 0 heterocycles. The number of hydrogen-bond donors (Lipinski definition) is 0. The van der Waals surface area contributed by atoms with Gasteiger partial charge in [0.1, 0.15) is 6.29 Å². The monoisotopic (exact) mass is 348 g/mol. The van der Waals surface area contributed by atoms with Crippen molar-refractivity contribution in [2.24, 2.45) is 0 Å². The Balaban J connectivity index is 4.56. The van der Waals surface area contributed by atoms with Gasteiger partial charge in [0, 0.05) is 0 Å². The van der Waals surface area contributed by atoms with Crippen LogP contribution in [0.1, 0.15) is 54.4 Å². The molecule has 138 valence electrons. The first-order valence-corrected chi connectivity index (χ1v) is 8.97. The Morgan fingerprint density at radius 3 is 1.96 bits per heavy atom. The maximum absolute atomic E-state index is 10.4. The van der Waals surface area contributed by atoms with Crippen LogP contribution in [0.2, 0.25) is 0 Å². The zero-order chi connectivity index (χ0) is 19.8. The van der Waals surface area contributed by atoms with Crippen LogP contribution in [0.25, 0.3) is 0 Å². The van der Waals surface area contributed by atoms with E-state index in [9.17, 15) is 4.79 Å². The topological polar surface area (TPSA) is 17.1 Å².